The van der Waals surface area contributed by atoms with Gasteiger partial charge in [-0.15, -0.1) is 0 Å². The second-order valence-corrected chi connectivity index (χ2v) is 8.23. The van der Waals surface area contributed by atoms with Crippen LogP contribution >= 0.6 is 15.9 Å². The number of hydrogen-bond donors (Lipinski definition) is 2. The summed E-state index contributed by atoms with van der Waals surface area (Å²) >= 11 is 3.68. The third kappa shape index (κ3) is 7.00. The summed E-state index contributed by atoms with van der Waals surface area (Å²) in [6.07, 6.45) is 0. The Morgan fingerprint density at radius 2 is 1.83 bits per heavy atom. The maximum atomic E-state index is 6.10. The molecule has 5 nitrogen and oxygen atoms in total. The summed E-state index contributed by atoms with van der Waals surface area (Å²) in [5, 5.41) is 6.94. The summed E-state index contributed by atoms with van der Waals surface area (Å²) < 4.78 is 12.9. The van der Waals surface area contributed by atoms with Crippen molar-refractivity contribution in [2.24, 2.45) is 0 Å². The van der Waals surface area contributed by atoms with Gasteiger partial charge in [-0.05, 0) is 53.0 Å². The highest BCUT2D eigenvalue weighted by molar-refractivity contribution is 9.10. The number of ether oxygens (including phenoxy) is 2. The number of piperazine rings is 1. The van der Waals surface area contributed by atoms with Gasteiger partial charge in [0.05, 0.1) is 11.1 Å². The van der Waals surface area contributed by atoms with Crippen LogP contribution in [0.1, 0.15) is 23.6 Å². The molecule has 0 unspecified atom stereocenters. The van der Waals surface area contributed by atoms with Gasteiger partial charge in [0.2, 0.25) is 0 Å². The Kier molecular flexibility index (Phi) is 8.80. The summed E-state index contributed by atoms with van der Waals surface area (Å²) in [5.74, 6) is 1.55. The van der Waals surface area contributed by atoms with E-state index in [4.69, 9.17) is 9.47 Å². The molecule has 0 aromatic heterocycles. The van der Waals surface area contributed by atoms with Crippen molar-refractivity contribution in [1.29, 1.82) is 0 Å². The van der Waals surface area contributed by atoms with Gasteiger partial charge in [-0.25, -0.2) is 0 Å². The summed E-state index contributed by atoms with van der Waals surface area (Å²) in [4.78, 5) is 2.49. The summed E-state index contributed by atoms with van der Waals surface area (Å²) in [7, 11) is 0. The molecule has 1 heterocycles. The second kappa shape index (κ2) is 11.6. The van der Waals surface area contributed by atoms with Crippen LogP contribution < -0.4 is 20.1 Å². The number of rotatable bonds is 10. The van der Waals surface area contributed by atoms with Crippen LogP contribution in [0.5, 0.6) is 11.5 Å². The van der Waals surface area contributed by atoms with Crippen LogP contribution in [0.4, 0.5) is 0 Å². The summed E-state index contributed by atoms with van der Waals surface area (Å²) in [6, 6.07) is 12.6. The van der Waals surface area contributed by atoms with Gasteiger partial charge in [0.1, 0.15) is 6.61 Å². The van der Waals surface area contributed by atoms with E-state index in [2.05, 4.69) is 74.8 Å². The van der Waals surface area contributed by atoms with E-state index in [-0.39, 0.29) is 0 Å². The average Bonchev–Trinajstić information content (AvgIpc) is 2.73. The fourth-order valence-electron chi connectivity index (χ4n) is 3.37. The van der Waals surface area contributed by atoms with E-state index in [1.807, 2.05) is 6.92 Å². The molecule has 1 fully saturated rings. The van der Waals surface area contributed by atoms with E-state index in [0.717, 1.165) is 67.3 Å². The zero-order valence-corrected chi connectivity index (χ0v) is 19.1. The standard InChI is InChI=1S/C23H32BrN3O2/c1-3-28-22-15-20(16-26-10-13-27-11-8-25-9-12-27)14-21(24)23(22)29-17-19-6-4-18(2)5-7-19/h4-7,14-15,25-26H,3,8-13,16-17H2,1-2H3. The molecule has 1 aliphatic heterocycles. The molecule has 2 N–H and O–H groups in total. The molecule has 158 valence electrons. The van der Waals surface area contributed by atoms with Gasteiger partial charge in [-0.3, -0.25) is 4.90 Å². The molecule has 29 heavy (non-hydrogen) atoms. The van der Waals surface area contributed by atoms with Crippen LogP contribution in [0.2, 0.25) is 0 Å². The minimum atomic E-state index is 0.515. The molecule has 0 amide bonds. The molecule has 2 aromatic carbocycles. The minimum absolute atomic E-state index is 0.515. The second-order valence-electron chi connectivity index (χ2n) is 7.38. The average molecular weight is 462 g/mol. The lowest BCUT2D eigenvalue weighted by Crippen LogP contribution is -2.45. The first kappa shape index (κ1) is 22.1. The Hall–Kier alpha value is -1.60. The van der Waals surface area contributed by atoms with Crippen LogP contribution in [0, 0.1) is 6.92 Å². The summed E-state index contributed by atoms with van der Waals surface area (Å²) in [5.41, 5.74) is 3.57. The van der Waals surface area contributed by atoms with E-state index >= 15 is 0 Å². The smallest absolute Gasteiger partial charge is 0.175 e. The molecule has 0 bridgehead atoms. The Bertz CT molecular complexity index is 761. The molecule has 0 atom stereocenters. The predicted octanol–water partition coefficient (Wildman–Crippen LogP) is 3.73. The van der Waals surface area contributed by atoms with Crippen molar-refractivity contribution in [3.63, 3.8) is 0 Å². The van der Waals surface area contributed by atoms with Gasteiger partial charge in [-0.1, -0.05) is 29.8 Å². The van der Waals surface area contributed by atoms with E-state index in [0.29, 0.717) is 13.2 Å². The molecule has 1 saturated heterocycles. The maximum Gasteiger partial charge on any atom is 0.175 e. The van der Waals surface area contributed by atoms with Gasteiger partial charge in [-0.2, -0.15) is 0 Å². The van der Waals surface area contributed by atoms with E-state index < -0.39 is 0 Å². The van der Waals surface area contributed by atoms with Crippen molar-refractivity contribution in [3.05, 3.63) is 57.6 Å². The molecule has 0 aliphatic carbocycles. The number of nitrogens with zero attached hydrogens (tertiary/aromatic N) is 1. The number of hydrogen-bond acceptors (Lipinski definition) is 5. The molecule has 6 heteroatoms. The number of halogens is 1. The highest BCUT2D eigenvalue weighted by Crippen LogP contribution is 2.37. The van der Waals surface area contributed by atoms with Gasteiger partial charge in [0, 0.05) is 45.8 Å². The van der Waals surface area contributed by atoms with Gasteiger partial charge < -0.3 is 20.1 Å². The quantitative estimate of drug-likeness (QED) is 0.527. The van der Waals surface area contributed by atoms with Crippen molar-refractivity contribution in [1.82, 2.24) is 15.5 Å². The zero-order chi connectivity index (χ0) is 20.5. The fraction of sp³-hybridized carbons (Fsp3) is 0.478. The van der Waals surface area contributed by atoms with Crippen LogP contribution in [-0.4, -0.2) is 50.8 Å². The van der Waals surface area contributed by atoms with Gasteiger partial charge >= 0.3 is 0 Å². The first-order valence-electron chi connectivity index (χ1n) is 10.4. The highest BCUT2D eigenvalue weighted by Gasteiger charge is 2.13. The SMILES string of the molecule is CCOc1cc(CNCCN2CCNCC2)cc(Br)c1OCc1ccc(C)cc1. The topological polar surface area (TPSA) is 45.8 Å². The van der Waals surface area contributed by atoms with Crippen LogP contribution in [0.3, 0.4) is 0 Å². The third-order valence-electron chi connectivity index (χ3n) is 5.02. The molecule has 1 aliphatic rings. The largest absolute Gasteiger partial charge is 0.490 e. The van der Waals surface area contributed by atoms with Crippen LogP contribution in [0.25, 0.3) is 0 Å². The molecular weight excluding hydrogens is 430 g/mol. The minimum Gasteiger partial charge on any atom is -0.490 e. The molecule has 0 spiro atoms. The van der Waals surface area contributed by atoms with Crippen molar-refractivity contribution >= 4 is 15.9 Å². The van der Waals surface area contributed by atoms with E-state index in [1.165, 1.54) is 11.1 Å². The number of aryl methyl sites for hydroxylation is 1. The Balaban J connectivity index is 1.57. The number of nitrogens with one attached hydrogen (secondary N) is 2. The van der Waals surface area contributed by atoms with E-state index in [9.17, 15) is 0 Å². The predicted molar refractivity (Wildman–Crippen MR) is 122 cm³/mol. The zero-order valence-electron chi connectivity index (χ0n) is 17.5. The maximum absolute atomic E-state index is 6.10. The molecule has 3 rings (SSSR count). The molecule has 0 radical (unpaired) electrons. The Morgan fingerprint density at radius 1 is 1.07 bits per heavy atom. The highest BCUT2D eigenvalue weighted by atomic mass is 79.9. The summed E-state index contributed by atoms with van der Waals surface area (Å²) in [6.45, 7) is 12.5. The first-order chi connectivity index (χ1) is 14.2. The Labute approximate surface area is 182 Å². The number of benzene rings is 2. The molecular formula is C23H32BrN3O2. The molecule has 2 aromatic rings. The lowest BCUT2D eigenvalue weighted by molar-refractivity contribution is 0.241. The van der Waals surface area contributed by atoms with Crippen molar-refractivity contribution in [2.45, 2.75) is 27.0 Å². The van der Waals surface area contributed by atoms with Crippen molar-refractivity contribution < 1.29 is 9.47 Å². The monoisotopic (exact) mass is 461 g/mol. The lowest BCUT2D eigenvalue weighted by atomic mass is 10.1. The van der Waals surface area contributed by atoms with Gasteiger partial charge in [0.15, 0.2) is 11.5 Å². The molecule has 0 saturated carbocycles. The van der Waals surface area contributed by atoms with Crippen LogP contribution in [-0.2, 0) is 13.2 Å². The van der Waals surface area contributed by atoms with Gasteiger partial charge in [0.25, 0.3) is 0 Å². The van der Waals surface area contributed by atoms with E-state index in [1.54, 1.807) is 0 Å². The Morgan fingerprint density at radius 3 is 2.55 bits per heavy atom. The normalized spacial score (nSPS) is 14.7. The third-order valence-corrected chi connectivity index (χ3v) is 5.61. The van der Waals surface area contributed by atoms with Crippen molar-refractivity contribution in [2.75, 3.05) is 45.9 Å². The fourth-order valence-corrected chi connectivity index (χ4v) is 3.97. The first-order valence-corrected chi connectivity index (χ1v) is 11.2. The van der Waals surface area contributed by atoms with Crippen molar-refractivity contribution in [3.8, 4) is 11.5 Å². The lowest BCUT2D eigenvalue weighted by Gasteiger charge is -2.27. The van der Waals surface area contributed by atoms with Crippen LogP contribution in [0.15, 0.2) is 40.9 Å².